The van der Waals surface area contributed by atoms with Gasteiger partial charge in [-0.3, -0.25) is 4.99 Å². The molecule has 0 saturated carbocycles. The summed E-state index contributed by atoms with van der Waals surface area (Å²) in [5.41, 5.74) is 1.11. The van der Waals surface area contributed by atoms with E-state index in [2.05, 4.69) is 40.2 Å². The lowest BCUT2D eigenvalue weighted by atomic mass is 10.1. The predicted molar refractivity (Wildman–Crippen MR) is 111 cm³/mol. The third-order valence-corrected chi connectivity index (χ3v) is 4.05. The van der Waals surface area contributed by atoms with Gasteiger partial charge in [-0.1, -0.05) is 30.9 Å². The third kappa shape index (κ3) is 6.68. The van der Waals surface area contributed by atoms with Crippen LogP contribution in [0.2, 0.25) is 0 Å². The molecule has 0 bridgehead atoms. The molecule has 0 aromatic heterocycles. The van der Waals surface area contributed by atoms with Gasteiger partial charge < -0.3 is 20.3 Å². The number of aliphatic imine (C=N–C) groups is 1. The molecule has 134 valence electrons. The van der Waals surface area contributed by atoms with Gasteiger partial charge >= 0.3 is 0 Å². The summed E-state index contributed by atoms with van der Waals surface area (Å²) < 4.78 is 5.68. The number of para-hydroxylation sites is 1. The quantitative estimate of drug-likeness (QED) is 0.294. The Labute approximate surface area is 162 Å². The highest BCUT2D eigenvalue weighted by molar-refractivity contribution is 14.0. The van der Waals surface area contributed by atoms with E-state index in [4.69, 9.17) is 4.74 Å². The monoisotopic (exact) mass is 444 g/mol. The summed E-state index contributed by atoms with van der Waals surface area (Å²) in [5, 5.41) is 6.78. The molecule has 1 unspecified atom stereocenters. The number of benzene rings is 1. The fraction of sp³-hybridized carbons (Fsp3) is 0.500. The lowest BCUT2D eigenvalue weighted by Crippen LogP contribution is -2.39. The molecular formula is C18H29IN4O. The lowest BCUT2D eigenvalue weighted by molar-refractivity contribution is 0.358. The van der Waals surface area contributed by atoms with E-state index >= 15 is 0 Å². The second kappa shape index (κ2) is 11.3. The van der Waals surface area contributed by atoms with Crippen molar-refractivity contribution in [3.63, 3.8) is 0 Å². The number of hydrogen-bond donors (Lipinski definition) is 2. The summed E-state index contributed by atoms with van der Waals surface area (Å²) in [5.74, 6) is 2.41. The summed E-state index contributed by atoms with van der Waals surface area (Å²) in [4.78, 5) is 6.67. The molecule has 1 saturated heterocycles. The number of ether oxygens (including phenoxy) is 1. The highest BCUT2D eigenvalue weighted by Crippen LogP contribution is 2.17. The number of nitrogens with zero attached hydrogens (tertiary/aromatic N) is 2. The van der Waals surface area contributed by atoms with Crippen molar-refractivity contribution >= 4 is 29.9 Å². The Morgan fingerprint density at radius 1 is 1.42 bits per heavy atom. The average molecular weight is 444 g/mol. The second-order valence-corrected chi connectivity index (χ2v) is 5.93. The van der Waals surface area contributed by atoms with E-state index in [1.54, 1.807) is 13.1 Å². The molecule has 2 rings (SSSR count). The normalized spacial score (nSPS) is 17.9. The number of rotatable bonds is 7. The number of halogens is 1. The largest absolute Gasteiger partial charge is 0.489 e. The van der Waals surface area contributed by atoms with Crippen molar-refractivity contribution in [1.82, 2.24) is 15.5 Å². The van der Waals surface area contributed by atoms with Crippen LogP contribution in [0, 0.1) is 5.92 Å². The van der Waals surface area contributed by atoms with E-state index in [1.807, 2.05) is 18.2 Å². The van der Waals surface area contributed by atoms with Crippen LogP contribution in [-0.2, 0) is 6.54 Å². The van der Waals surface area contributed by atoms with Gasteiger partial charge in [-0.15, -0.1) is 24.0 Å². The van der Waals surface area contributed by atoms with Gasteiger partial charge in [0.25, 0.3) is 0 Å². The molecule has 1 fully saturated rings. The first-order chi connectivity index (χ1) is 11.2. The van der Waals surface area contributed by atoms with Gasteiger partial charge in [0.1, 0.15) is 12.4 Å². The Bertz CT molecular complexity index is 536. The van der Waals surface area contributed by atoms with Crippen molar-refractivity contribution in [2.24, 2.45) is 10.9 Å². The van der Waals surface area contributed by atoms with Gasteiger partial charge in [0.05, 0.1) is 0 Å². The number of hydrogen-bond acceptors (Lipinski definition) is 3. The van der Waals surface area contributed by atoms with Crippen LogP contribution in [0.25, 0.3) is 0 Å². The number of guanidine groups is 1. The maximum Gasteiger partial charge on any atom is 0.191 e. The summed E-state index contributed by atoms with van der Waals surface area (Å²) in [6.45, 7) is 8.18. The molecule has 1 aliphatic heterocycles. The topological polar surface area (TPSA) is 48.9 Å². The van der Waals surface area contributed by atoms with Crippen LogP contribution in [0.3, 0.4) is 0 Å². The summed E-state index contributed by atoms with van der Waals surface area (Å²) in [6, 6.07) is 8.03. The second-order valence-electron chi connectivity index (χ2n) is 5.93. The van der Waals surface area contributed by atoms with E-state index in [0.29, 0.717) is 19.1 Å². The average Bonchev–Trinajstić information content (AvgIpc) is 2.99. The van der Waals surface area contributed by atoms with Crippen molar-refractivity contribution in [2.75, 3.05) is 40.3 Å². The molecule has 0 amide bonds. The van der Waals surface area contributed by atoms with Gasteiger partial charge in [0.15, 0.2) is 5.96 Å². The van der Waals surface area contributed by atoms with Gasteiger partial charge in [-0.25, -0.2) is 0 Å². The van der Waals surface area contributed by atoms with Crippen molar-refractivity contribution in [3.8, 4) is 5.75 Å². The molecule has 1 aliphatic rings. The molecule has 2 N–H and O–H groups in total. The zero-order valence-corrected chi connectivity index (χ0v) is 17.0. The Morgan fingerprint density at radius 2 is 2.21 bits per heavy atom. The molecule has 0 aliphatic carbocycles. The molecule has 0 radical (unpaired) electrons. The van der Waals surface area contributed by atoms with Gasteiger partial charge in [-0.2, -0.15) is 0 Å². The minimum atomic E-state index is 0. The molecule has 24 heavy (non-hydrogen) atoms. The van der Waals surface area contributed by atoms with Crippen LogP contribution in [0.4, 0.5) is 0 Å². The molecule has 1 aromatic rings. The van der Waals surface area contributed by atoms with Crippen LogP contribution in [0.5, 0.6) is 5.75 Å². The van der Waals surface area contributed by atoms with E-state index in [0.717, 1.165) is 30.4 Å². The van der Waals surface area contributed by atoms with Crippen LogP contribution in [0.15, 0.2) is 41.9 Å². The maximum absolute atomic E-state index is 5.68. The molecule has 0 spiro atoms. The minimum Gasteiger partial charge on any atom is -0.489 e. The van der Waals surface area contributed by atoms with Crippen molar-refractivity contribution < 1.29 is 4.74 Å². The zero-order valence-electron chi connectivity index (χ0n) is 14.6. The van der Waals surface area contributed by atoms with Crippen molar-refractivity contribution in [1.29, 1.82) is 0 Å². The van der Waals surface area contributed by atoms with Crippen molar-refractivity contribution in [3.05, 3.63) is 42.5 Å². The van der Waals surface area contributed by atoms with Gasteiger partial charge in [0, 0.05) is 32.2 Å². The van der Waals surface area contributed by atoms with Crippen LogP contribution in [-0.4, -0.2) is 51.2 Å². The van der Waals surface area contributed by atoms with Gasteiger partial charge in [-0.05, 0) is 32.0 Å². The van der Waals surface area contributed by atoms with Crippen LogP contribution >= 0.6 is 24.0 Å². The van der Waals surface area contributed by atoms with Gasteiger partial charge in [0.2, 0.25) is 0 Å². The molecule has 1 aromatic carbocycles. The van der Waals surface area contributed by atoms with Crippen LogP contribution in [0.1, 0.15) is 12.0 Å². The molecule has 1 atom stereocenters. The first kappa shape index (κ1) is 20.8. The first-order valence-electron chi connectivity index (χ1n) is 8.17. The number of likely N-dealkylation sites (tertiary alicyclic amines) is 1. The summed E-state index contributed by atoms with van der Waals surface area (Å²) >= 11 is 0. The predicted octanol–water partition coefficient (Wildman–Crippen LogP) is 2.49. The Kier molecular flexibility index (Phi) is 9.78. The highest BCUT2D eigenvalue weighted by Gasteiger charge is 2.19. The fourth-order valence-electron chi connectivity index (χ4n) is 2.77. The summed E-state index contributed by atoms with van der Waals surface area (Å²) in [7, 11) is 3.98. The zero-order chi connectivity index (χ0) is 16.5. The van der Waals surface area contributed by atoms with Crippen LogP contribution < -0.4 is 15.4 Å². The Hall–Kier alpha value is -1.28. The summed E-state index contributed by atoms with van der Waals surface area (Å²) in [6.07, 6.45) is 3.00. The third-order valence-electron chi connectivity index (χ3n) is 4.05. The standard InChI is InChI=1S/C18H28N4O.HI/c1-4-11-23-17-8-6-5-7-16(17)13-21-18(19-2)20-12-15-9-10-22(3)14-15;/h4-8,15H,1,9-14H2,2-3H3,(H2,19,20,21);1H. The lowest BCUT2D eigenvalue weighted by Gasteiger charge is -2.16. The number of nitrogens with one attached hydrogen (secondary N) is 2. The van der Waals surface area contributed by atoms with Crippen molar-refractivity contribution in [2.45, 2.75) is 13.0 Å². The van der Waals surface area contributed by atoms with E-state index in [-0.39, 0.29) is 24.0 Å². The Balaban J connectivity index is 0.00000288. The molecular weight excluding hydrogens is 415 g/mol. The SMILES string of the molecule is C=CCOc1ccccc1CNC(=NC)NCC1CCN(C)C1.I. The highest BCUT2D eigenvalue weighted by atomic mass is 127. The molecule has 6 heteroatoms. The maximum atomic E-state index is 5.68. The van der Waals surface area contributed by atoms with E-state index < -0.39 is 0 Å². The molecule has 1 heterocycles. The minimum absolute atomic E-state index is 0. The Morgan fingerprint density at radius 3 is 2.88 bits per heavy atom. The first-order valence-corrected chi connectivity index (χ1v) is 8.17. The van der Waals surface area contributed by atoms with E-state index in [9.17, 15) is 0 Å². The molecule has 5 nitrogen and oxygen atoms in total. The fourth-order valence-corrected chi connectivity index (χ4v) is 2.77. The van der Waals surface area contributed by atoms with E-state index in [1.165, 1.54) is 13.0 Å². The smallest absolute Gasteiger partial charge is 0.191 e.